The van der Waals surface area contributed by atoms with Gasteiger partial charge in [0.2, 0.25) is 0 Å². The molecule has 0 bridgehead atoms. The van der Waals surface area contributed by atoms with Crippen LogP contribution in [0.5, 0.6) is 0 Å². The average Bonchev–Trinajstić information content (AvgIpc) is 2.47. The molecular weight excluding hydrogens is 195 g/mol. The van der Waals surface area contributed by atoms with Crippen LogP contribution in [-0.2, 0) is 4.79 Å². The molecule has 0 fully saturated rings. The third-order valence-electron chi connectivity index (χ3n) is 2.54. The van der Waals surface area contributed by atoms with Crippen molar-refractivity contribution in [1.82, 2.24) is 0 Å². The van der Waals surface area contributed by atoms with Gasteiger partial charge in [-0.25, -0.2) is 4.39 Å². The SMILES string of the molecule is CC1=NN(c2ccccc2F)C(=O)C1C. The molecule has 1 atom stereocenters. The summed E-state index contributed by atoms with van der Waals surface area (Å²) in [5.74, 6) is -0.876. The van der Waals surface area contributed by atoms with E-state index in [-0.39, 0.29) is 17.5 Å². The van der Waals surface area contributed by atoms with Crippen molar-refractivity contribution in [3.8, 4) is 0 Å². The van der Waals surface area contributed by atoms with E-state index in [0.717, 1.165) is 5.01 Å². The van der Waals surface area contributed by atoms with Crippen LogP contribution in [0, 0.1) is 11.7 Å². The minimum atomic E-state index is -0.434. The molecule has 1 aromatic carbocycles. The smallest absolute Gasteiger partial charge is 0.256 e. The number of hydrogen-bond acceptors (Lipinski definition) is 2. The maximum Gasteiger partial charge on any atom is 0.256 e. The van der Waals surface area contributed by atoms with E-state index in [1.165, 1.54) is 6.07 Å². The summed E-state index contributed by atoms with van der Waals surface area (Å²) in [7, 11) is 0. The van der Waals surface area contributed by atoms with Gasteiger partial charge in [0.15, 0.2) is 0 Å². The molecule has 0 aliphatic carbocycles. The number of anilines is 1. The number of benzene rings is 1. The molecule has 78 valence electrons. The highest BCUT2D eigenvalue weighted by atomic mass is 19.1. The number of rotatable bonds is 1. The van der Waals surface area contributed by atoms with Gasteiger partial charge in [-0.1, -0.05) is 12.1 Å². The van der Waals surface area contributed by atoms with E-state index in [9.17, 15) is 9.18 Å². The lowest BCUT2D eigenvalue weighted by atomic mass is 10.1. The summed E-state index contributed by atoms with van der Waals surface area (Å²) >= 11 is 0. The molecule has 1 unspecified atom stereocenters. The van der Waals surface area contributed by atoms with Gasteiger partial charge in [0.05, 0.1) is 5.92 Å². The zero-order valence-electron chi connectivity index (χ0n) is 8.57. The minimum Gasteiger partial charge on any atom is -0.272 e. The number of hydrogen-bond donors (Lipinski definition) is 0. The molecule has 1 aromatic rings. The first-order valence-electron chi connectivity index (χ1n) is 4.75. The molecule has 0 aromatic heterocycles. The first kappa shape index (κ1) is 9.83. The third-order valence-corrected chi connectivity index (χ3v) is 2.54. The van der Waals surface area contributed by atoms with Crippen LogP contribution < -0.4 is 5.01 Å². The molecule has 0 spiro atoms. The van der Waals surface area contributed by atoms with Crippen molar-refractivity contribution in [2.24, 2.45) is 11.0 Å². The Morgan fingerprint density at radius 1 is 1.40 bits per heavy atom. The summed E-state index contributed by atoms with van der Waals surface area (Å²) in [6, 6.07) is 6.12. The number of nitrogens with zero attached hydrogens (tertiary/aromatic N) is 2. The highest BCUT2D eigenvalue weighted by Gasteiger charge is 2.31. The average molecular weight is 206 g/mol. The Labute approximate surface area is 87.2 Å². The van der Waals surface area contributed by atoms with Gasteiger partial charge in [0.25, 0.3) is 5.91 Å². The lowest BCUT2D eigenvalue weighted by Crippen LogP contribution is -2.25. The Balaban J connectivity index is 2.42. The third kappa shape index (κ3) is 1.52. The first-order chi connectivity index (χ1) is 7.11. The first-order valence-corrected chi connectivity index (χ1v) is 4.75. The molecule has 1 aliphatic rings. The van der Waals surface area contributed by atoms with Gasteiger partial charge in [-0.15, -0.1) is 0 Å². The molecular formula is C11H11FN2O. The van der Waals surface area contributed by atoms with Crippen LogP contribution in [0.25, 0.3) is 0 Å². The molecule has 3 nitrogen and oxygen atoms in total. The normalized spacial score (nSPS) is 20.7. The number of carbonyl (C=O) groups excluding carboxylic acids is 1. The summed E-state index contributed by atoms with van der Waals surface area (Å²) in [5.41, 5.74) is 0.925. The molecule has 0 saturated carbocycles. The molecule has 2 rings (SSSR count). The summed E-state index contributed by atoms with van der Waals surface area (Å²) in [5, 5.41) is 5.18. The molecule has 0 saturated heterocycles. The second-order valence-electron chi connectivity index (χ2n) is 3.56. The fourth-order valence-corrected chi connectivity index (χ4v) is 1.45. The van der Waals surface area contributed by atoms with Crippen LogP contribution in [-0.4, -0.2) is 11.6 Å². The van der Waals surface area contributed by atoms with Crippen LogP contribution in [0.4, 0.5) is 10.1 Å². The van der Waals surface area contributed by atoms with Crippen molar-refractivity contribution >= 4 is 17.3 Å². The summed E-state index contributed by atoms with van der Waals surface area (Å²) < 4.78 is 13.4. The molecule has 1 heterocycles. The maximum absolute atomic E-state index is 13.4. The molecule has 0 N–H and O–H groups in total. The van der Waals surface area contributed by atoms with E-state index in [1.807, 2.05) is 0 Å². The van der Waals surface area contributed by atoms with Crippen molar-refractivity contribution < 1.29 is 9.18 Å². The topological polar surface area (TPSA) is 32.7 Å². The number of amides is 1. The summed E-state index contributed by atoms with van der Waals surface area (Å²) in [6.07, 6.45) is 0. The fourth-order valence-electron chi connectivity index (χ4n) is 1.45. The van der Waals surface area contributed by atoms with Gasteiger partial charge in [-0.2, -0.15) is 10.1 Å². The van der Waals surface area contributed by atoms with Gasteiger partial charge >= 0.3 is 0 Å². The number of para-hydroxylation sites is 1. The van der Waals surface area contributed by atoms with Crippen LogP contribution in [0.1, 0.15) is 13.8 Å². The number of carbonyl (C=O) groups is 1. The Kier molecular flexibility index (Phi) is 2.26. The van der Waals surface area contributed by atoms with E-state index in [1.54, 1.807) is 32.0 Å². The highest BCUT2D eigenvalue weighted by molar-refractivity contribution is 6.14. The predicted molar refractivity (Wildman–Crippen MR) is 56.2 cm³/mol. The summed E-state index contributed by atoms with van der Waals surface area (Å²) in [4.78, 5) is 11.7. The maximum atomic E-state index is 13.4. The van der Waals surface area contributed by atoms with Crippen molar-refractivity contribution in [3.63, 3.8) is 0 Å². The fraction of sp³-hybridized carbons (Fsp3) is 0.273. The Bertz CT molecular complexity index is 442. The van der Waals surface area contributed by atoms with E-state index in [4.69, 9.17) is 0 Å². The van der Waals surface area contributed by atoms with Crippen LogP contribution in [0.15, 0.2) is 29.4 Å². The van der Waals surface area contributed by atoms with Gasteiger partial charge in [-0.05, 0) is 26.0 Å². The van der Waals surface area contributed by atoms with Crippen molar-refractivity contribution in [2.75, 3.05) is 5.01 Å². The van der Waals surface area contributed by atoms with Gasteiger partial charge in [-0.3, -0.25) is 4.79 Å². The second-order valence-corrected chi connectivity index (χ2v) is 3.56. The number of halogens is 1. The summed E-state index contributed by atoms with van der Waals surface area (Å²) in [6.45, 7) is 3.53. The zero-order chi connectivity index (χ0) is 11.0. The molecule has 4 heteroatoms. The largest absolute Gasteiger partial charge is 0.272 e. The zero-order valence-corrected chi connectivity index (χ0v) is 8.57. The second kappa shape index (κ2) is 3.46. The van der Waals surface area contributed by atoms with Gasteiger partial charge in [0.1, 0.15) is 11.5 Å². The van der Waals surface area contributed by atoms with E-state index in [0.29, 0.717) is 5.71 Å². The minimum absolute atomic E-state index is 0.183. The van der Waals surface area contributed by atoms with E-state index < -0.39 is 5.82 Å². The van der Waals surface area contributed by atoms with E-state index in [2.05, 4.69) is 5.10 Å². The lowest BCUT2D eigenvalue weighted by molar-refractivity contribution is -0.119. The molecule has 1 aliphatic heterocycles. The Morgan fingerprint density at radius 2 is 2.07 bits per heavy atom. The quantitative estimate of drug-likeness (QED) is 0.693. The van der Waals surface area contributed by atoms with Crippen molar-refractivity contribution in [2.45, 2.75) is 13.8 Å². The Morgan fingerprint density at radius 3 is 2.60 bits per heavy atom. The number of hydrazone groups is 1. The highest BCUT2D eigenvalue weighted by Crippen LogP contribution is 2.25. The standard InChI is InChI=1S/C11H11FN2O/c1-7-8(2)13-14(11(7)15)10-6-4-3-5-9(10)12/h3-7H,1-2H3. The van der Waals surface area contributed by atoms with Gasteiger partial charge in [0, 0.05) is 5.71 Å². The van der Waals surface area contributed by atoms with Crippen LogP contribution >= 0.6 is 0 Å². The Hall–Kier alpha value is -1.71. The van der Waals surface area contributed by atoms with Crippen LogP contribution in [0.2, 0.25) is 0 Å². The van der Waals surface area contributed by atoms with E-state index >= 15 is 0 Å². The molecule has 1 amide bonds. The predicted octanol–water partition coefficient (Wildman–Crippen LogP) is 2.18. The van der Waals surface area contributed by atoms with Gasteiger partial charge < -0.3 is 0 Å². The van der Waals surface area contributed by atoms with Crippen LogP contribution in [0.3, 0.4) is 0 Å². The van der Waals surface area contributed by atoms with Crippen molar-refractivity contribution in [1.29, 1.82) is 0 Å². The van der Waals surface area contributed by atoms with Crippen molar-refractivity contribution in [3.05, 3.63) is 30.1 Å². The molecule has 15 heavy (non-hydrogen) atoms. The lowest BCUT2D eigenvalue weighted by Gasteiger charge is -2.13. The molecule has 0 radical (unpaired) electrons. The monoisotopic (exact) mass is 206 g/mol.